The van der Waals surface area contributed by atoms with E-state index in [0.717, 1.165) is 25.9 Å². The minimum absolute atomic E-state index is 0.0895. The Morgan fingerprint density at radius 3 is 2.63 bits per heavy atom. The van der Waals surface area contributed by atoms with Crippen molar-refractivity contribution in [3.63, 3.8) is 0 Å². The van der Waals surface area contributed by atoms with Crippen LogP contribution in [0.4, 0.5) is 0 Å². The predicted octanol–water partition coefficient (Wildman–Crippen LogP) is 2.02. The van der Waals surface area contributed by atoms with Crippen molar-refractivity contribution in [2.75, 3.05) is 26.8 Å². The number of carbonyl (C=O) groups is 1. The molecule has 1 amide bonds. The van der Waals surface area contributed by atoms with Crippen molar-refractivity contribution in [1.29, 1.82) is 0 Å². The number of rotatable bonds is 4. The van der Waals surface area contributed by atoms with Crippen molar-refractivity contribution in [2.45, 2.75) is 52.5 Å². The van der Waals surface area contributed by atoms with E-state index in [1.54, 1.807) is 7.11 Å². The quantitative estimate of drug-likeness (QED) is 0.850. The number of amides is 1. The van der Waals surface area contributed by atoms with Crippen LogP contribution in [-0.2, 0) is 9.53 Å². The molecule has 0 bridgehead atoms. The third-order valence-electron chi connectivity index (χ3n) is 4.21. The van der Waals surface area contributed by atoms with E-state index < -0.39 is 6.04 Å². The lowest BCUT2D eigenvalue weighted by atomic mass is 9.77. The second-order valence-electron chi connectivity index (χ2n) is 6.71. The predicted molar refractivity (Wildman–Crippen MR) is 77.8 cm³/mol. The molecule has 1 fully saturated rings. The van der Waals surface area contributed by atoms with Crippen LogP contribution >= 0.6 is 0 Å². The highest BCUT2D eigenvalue weighted by molar-refractivity contribution is 5.81. The minimum Gasteiger partial charge on any atom is -0.385 e. The Morgan fingerprint density at radius 2 is 2.05 bits per heavy atom. The fourth-order valence-electron chi connectivity index (χ4n) is 2.79. The lowest BCUT2D eigenvalue weighted by molar-refractivity contribution is -0.133. The van der Waals surface area contributed by atoms with Gasteiger partial charge >= 0.3 is 0 Å². The second-order valence-corrected chi connectivity index (χ2v) is 6.71. The van der Waals surface area contributed by atoms with E-state index >= 15 is 0 Å². The number of ether oxygens (including phenoxy) is 1. The average Bonchev–Trinajstić information content (AvgIpc) is 2.60. The highest BCUT2D eigenvalue weighted by Crippen LogP contribution is 2.34. The Hall–Kier alpha value is -0.610. The first-order valence-corrected chi connectivity index (χ1v) is 7.39. The molecule has 1 saturated heterocycles. The number of hydrogen-bond donors (Lipinski definition) is 1. The third kappa shape index (κ3) is 5.11. The summed E-state index contributed by atoms with van der Waals surface area (Å²) in [6.07, 6.45) is 3.99. The van der Waals surface area contributed by atoms with Gasteiger partial charge in [-0.1, -0.05) is 20.8 Å². The molecule has 0 aromatic rings. The van der Waals surface area contributed by atoms with Gasteiger partial charge in [0.25, 0.3) is 0 Å². The highest BCUT2D eigenvalue weighted by Gasteiger charge is 2.29. The van der Waals surface area contributed by atoms with Crippen LogP contribution in [0.25, 0.3) is 0 Å². The largest absolute Gasteiger partial charge is 0.385 e. The minimum atomic E-state index is -0.411. The zero-order valence-electron chi connectivity index (χ0n) is 12.9. The van der Waals surface area contributed by atoms with E-state index in [4.69, 9.17) is 10.5 Å². The molecule has 4 heteroatoms. The van der Waals surface area contributed by atoms with Crippen molar-refractivity contribution in [1.82, 2.24) is 4.90 Å². The van der Waals surface area contributed by atoms with Gasteiger partial charge in [-0.25, -0.2) is 0 Å². The molecule has 1 aliphatic rings. The Bertz CT molecular complexity index is 286. The summed E-state index contributed by atoms with van der Waals surface area (Å²) in [6.45, 7) is 9.12. The molecule has 1 heterocycles. The lowest BCUT2D eigenvalue weighted by Gasteiger charge is -2.30. The van der Waals surface area contributed by atoms with Crippen LogP contribution in [-0.4, -0.2) is 43.7 Å². The second kappa shape index (κ2) is 7.25. The van der Waals surface area contributed by atoms with Crippen LogP contribution in [0.5, 0.6) is 0 Å². The van der Waals surface area contributed by atoms with Crippen LogP contribution in [0.15, 0.2) is 0 Å². The first kappa shape index (κ1) is 16.4. The SMILES string of the molecule is COCCC(N)C(=O)N1CCCC(C(C)(C)C)CC1. The maximum Gasteiger partial charge on any atom is 0.239 e. The van der Waals surface area contributed by atoms with E-state index in [1.165, 1.54) is 6.42 Å². The van der Waals surface area contributed by atoms with Crippen molar-refractivity contribution >= 4 is 5.91 Å². The Morgan fingerprint density at radius 1 is 1.37 bits per heavy atom. The van der Waals surface area contributed by atoms with Gasteiger partial charge in [-0.05, 0) is 37.0 Å². The van der Waals surface area contributed by atoms with E-state index in [-0.39, 0.29) is 5.91 Å². The van der Waals surface area contributed by atoms with Gasteiger partial charge in [0.1, 0.15) is 0 Å². The Balaban J connectivity index is 2.50. The molecule has 1 aliphatic heterocycles. The van der Waals surface area contributed by atoms with Gasteiger partial charge in [-0.15, -0.1) is 0 Å². The summed E-state index contributed by atoms with van der Waals surface area (Å²) in [4.78, 5) is 14.2. The Kier molecular flexibility index (Phi) is 6.27. The van der Waals surface area contributed by atoms with Gasteiger partial charge in [0, 0.05) is 26.8 Å². The van der Waals surface area contributed by atoms with Crippen molar-refractivity contribution in [3.05, 3.63) is 0 Å². The smallest absolute Gasteiger partial charge is 0.239 e. The molecular weight excluding hydrogens is 240 g/mol. The van der Waals surface area contributed by atoms with Crippen LogP contribution in [0.3, 0.4) is 0 Å². The average molecular weight is 270 g/mol. The molecule has 0 aromatic heterocycles. The zero-order chi connectivity index (χ0) is 14.5. The monoisotopic (exact) mass is 270 g/mol. The number of hydrogen-bond acceptors (Lipinski definition) is 3. The molecule has 19 heavy (non-hydrogen) atoms. The fraction of sp³-hybridized carbons (Fsp3) is 0.933. The molecule has 0 saturated carbocycles. The Labute approximate surface area is 117 Å². The van der Waals surface area contributed by atoms with E-state index in [0.29, 0.717) is 24.4 Å². The molecule has 2 atom stereocenters. The molecule has 0 aromatic carbocycles. The van der Waals surface area contributed by atoms with Crippen LogP contribution in [0, 0.1) is 11.3 Å². The topological polar surface area (TPSA) is 55.6 Å². The molecule has 0 aliphatic carbocycles. The molecule has 2 N–H and O–H groups in total. The molecule has 0 radical (unpaired) electrons. The van der Waals surface area contributed by atoms with Crippen molar-refractivity contribution < 1.29 is 9.53 Å². The van der Waals surface area contributed by atoms with Gasteiger partial charge in [0.15, 0.2) is 0 Å². The van der Waals surface area contributed by atoms with Crippen LogP contribution in [0.2, 0.25) is 0 Å². The molecule has 4 nitrogen and oxygen atoms in total. The number of methoxy groups -OCH3 is 1. The highest BCUT2D eigenvalue weighted by atomic mass is 16.5. The normalized spacial score (nSPS) is 23.0. The van der Waals surface area contributed by atoms with Gasteiger partial charge in [0.2, 0.25) is 5.91 Å². The molecule has 0 spiro atoms. The summed E-state index contributed by atoms with van der Waals surface area (Å²) in [6, 6.07) is -0.411. The summed E-state index contributed by atoms with van der Waals surface area (Å²) in [5.41, 5.74) is 6.26. The van der Waals surface area contributed by atoms with E-state index in [9.17, 15) is 4.79 Å². The number of nitrogens with zero attached hydrogens (tertiary/aromatic N) is 1. The maximum atomic E-state index is 12.3. The lowest BCUT2D eigenvalue weighted by Crippen LogP contribution is -2.44. The molecule has 1 rings (SSSR count). The standard InChI is InChI=1S/C15H30N2O2/c1-15(2,3)12-6-5-9-17(10-7-12)14(18)13(16)8-11-19-4/h12-13H,5-11,16H2,1-4H3. The maximum absolute atomic E-state index is 12.3. The van der Waals surface area contributed by atoms with Crippen LogP contribution < -0.4 is 5.73 Å². The molecule has 2 unspecified atom stereocenters. The van der Waals surface area contributed by atoms with Gasteiger partial charge in [0.05, 0.1) is 6.04 Å². The zero-order valence-corrected chi connectivity index (χ0v) is 12.9. The number of likely N-dealkylation sites (tertiary alicyclic amines) is 1. The van der Waals surface area contributed by atoms with Crippen LogP contribution in [0.1, 0.15) is 46.5 Å². The summed E-state index contributed by atoms with van der Waals surface area (Å²) in [5, 5.41) is 0. The summed E-state index contributed by atoms with van der Waals surface area (Å²) < 4.78 is 4.99. The van der Waals surface area contributed by atoms with E-state index in [1.807, 2.05) is 4.90 Å². The first-order valence-electron chi connectivity index (χ1n) is 7.39. The van der Waals surface area contributed by atoms with Crippen molar-refractivity contribution in [3.8, 4) is 0 Å². The summed E-state index contributed by atoms with van der Waals surface area (Å²) in [7, 11) is 1.64. The first-order chi connectivity index (χ1) is 8.86. The van der Waals surface area contributed by atoms with E-state index in [2.05, 4.69) is 20.8 Å². The third-order valence-corrected chi connectivity index (χ3v) is 4.21. The number of carbonyl (C=O) groups excluding carboxylic acids is 1. The molecular formula is C15H30N2O2. The van der Waals surface area contributed by atoms with Crippen molar-refractivity contribution in [2.24, 2.45) is 17.1 Å². The number of nitrogens with two attached hydrogens (primary N) is 1. The molecule has 112 valence electrons. The van der Waals surface area contributed by atoms with Gasteiger partial charge < -0.3 is 15.4 Å². The fourth-order valence-corrected chi connectivity index (χ4v) is 2.79. The summed E-state index contributed by atoms with van der Waals surface area (Å²) >= 11 is 0. The van der Waals surface area contributed by atoms with Gasteiger partial charge in [-0.3, -0.25) is 4.79 Å². The van der Waals surface area contributed by atoms with Gasteiger partial charge in [-0.2, -0.15) is 0 Å². The summed E-state index contributed by atoms with van der Waals surface area (Å²) in [5.74, 6) is 0.784.